The van der Waals surface area contributed by atoms with Gasteiger partial charge in [0.15, 0.2) is 0 Å². The fourth-order valence-corrected chi connectivity index (χ4v) is 4.06. The molecule has 134 valence electrons. The molecule has 0 unspecified atom stereocenters. The first-order chi connectivity index (χ1) is 11.8. The van der Waals surface area contributed by atoms with Gasteiger partial charge < -0.3 is 5.11 Å². The number of aliphatic carboxylic acids is 1. The summed E-state index contributed by atoms with van der Waals surface area (Å²) in [5.41, 5.74) is 1.83. The molecule has 1 atom stereocenters. The molecule has 0 aliphatic heterocycles. The van der Waals surface area contributed by atoms with Crippen molar-refractivity contribution in [3.8, 4) is 0 Å². The molecule has 7 heteroatoms. The minimum Gasteiger partial charge on any atom is -0.480 e. The van der Waals surface area contributed by atoms with Crippen molar-refractivity contribution in [2.24, 2.45) is 0 Å². The van der Waals surface area contributed by atoms with E-state index in [2.05, 4.69) is 0 Å². The summed E-state index contributed by atoms with van der Waals surface area (Å²) in [5.74, 6) is -1.19. The number of halogens is 1. The molecule has 0 radical (unpaired) electrons. The molecule has 2 rings (SSSR count). The lowest BCUT2D eigenvalue weighted by Crippen LogP contribution is -2.43. The second-order valence-corrected chi connectivity index (χ2v) is 8.09. The normalized spacial score (nSPS) is 13.0. The molecule has 0 amide bonds. The fourth-order valence-electron chi connectivity index (χ4n) is 2.62. The van der Waals surface area contributed by atoms with Crippen LogP contribution < -0.4 is 0 Å². The Morgan fingerprint density at radius 3 is 2.20 bits per heavy atom. The van der Waals surface area contributed by atoms with E-state index >= 15 is 0 Å². The SMILES string of the molecule is CCc1ccccc1C[C@@H](C(=O)O)N(C)S(=O)(=O)c1ccc(Cl)cc1. The van der Waals surface area contributed by atoms with Crippen LogP contribution in [0.3, 0.4) is 0 Å². The van der Waals surface area contributed by atoms with Crippen molar-refractivity contribution in [2.45, 2.75) is 30.7 Å². The maximum absolute atomic E-state index is 12.8. The summed E-state index contributed by atoms with van der Waals surface area (Å²) >= 11 is 5.79. The molecule has 25 heavy (non-hydrogen) atoms. The van der Waals surface area contributed by atoms with Crippen LogP contribution in [-0.2, 0) is 27.7 Å². The molecule has 0 aliphatic rings. The Morgan fingerprint density at radius 1 is 1.12 bits per heavy atom. The summed E-state index contributed by atoms with van der Waals surface area (Å²) in [4.78, 5) is 11.8. The number of rotatable bonds is 7. The maximum atomic E-state index is 12.8. The first-order valence-corrected chi connectivity index (χ1v) is 9.62. The lowest BCUT2D eigenvalue weighted by molar-refractivity contribution is -0.141. The van der Waals surface area contributed by atoms with Crippen LogP contribution >= 0.6 is 11.6 Å². The summed E-state index contributed by atoms with van der Waals surface area (Å²) in [7, 11) is -2.66. The van der Waals surface area contributed by atoms with Gasteiger partial charge in [-0.1, -0.05) is 42.8 Å². The highest BCUT2D eigenvalue weighted by molar-refractivity contribution is 7.89. The van der Waals surface area contributed by atoms with Gasteiger partial charge in [-0.3, -0.25) is 4.79 Å². The molecule has 0 aromatic heterocycles. The molecule has 0 bridgehead atoms. The predicted molar refractivity (Wildman–Crippen MR) is 97.3 cm³/mol. The number of hydrogen-bond acceptors (Lipinski definition) is 3. The van der Waals surface area contributed by atoms with E-state index < -0.39 is 22.0 Å². The van der Waals surface area contributed by atoms with Crippen molar-refractivity contribution in [1.29, 1.82) is 0 Å². The van der Waals surface area contributed by atoms with Crippen molar-refractivity contribution < 1.29 is 18.3 Å². The number of sulfonamides is 1. The third-order valence-corrected chi connectivity index (χ3v) is 6.26. The Bertz CT molecular complexity index is 850. The van der Waals surface area contributed by atoms with Crippen molar-refractivity contribution >= 4 is 27.6 Å². The van der Waals surface area contributed by atoms with Crippen molar-refractivity contribution in [1.82, 2.24) is 4.31 Å². The molecule has 5 nitrogen and oxygen atoms in total. The van der Waals surface area contributed by atoms with E-state index in [-0.39, 0.29) is 11.3 Å². The molecule has 0 heterocycles. The van der Waals surface area contributed by atoms with Crippen LogP contribution in [0.5, 0.6) is 0 Å². The average molecular weight is 382 g/mol. The monoisotopic (exact) mass is 381 g/mol. The number of benzene rings is 2. The fraction of sp³-hybridized carbons (Fsp3) is 0.278. The van der Waals surface area contributed by atoms with Crippen LogP contribution in [0.15, 0.2) is 53.4 Å². The van der Waals surface area contributed by atoms with Gasteiger partial charge in [0.25, 0.3) is 0 Å². The van der Waals surface area contributed by atoms with Crippen molar-refractivity contribution in [2.75, 3.05) is 7.05 Å². The zero-order valence-electron chi connectivity index (χ0n) is 14.0. The van der Waals surface area contributed by atoms with Gasteiger partial charge in [0.1, 0.15) is 6.04 Å². The van der Waals surface area contributed by atoms with Gasteiger partial charge in [0.05, 0.1) is 4.90 Å². The topological polar surface area (TPSA) is 74.7 Å². The van der Waals surface area contributed by atoms with Crippen LogP contribution in [0.4, 0.5) is 0 Å². The molecule has 0 fully saturated rings. The summed E-state index contributed by atoms with van der Waals surface area (Å²) in [6, 6.07) is 11.9. The van der Waals surface area contributed by atoms with Gasteiger partial charge in [-0.05, 0) is 48.2 Å². The summed E-state index contributed by atoms with van der Waals surface area (Å²) in [5, 5.41) is 10.0. The summed E-state index contributed by atoms with van der Waals surface area (Å²) in [6.07, 6.45) is 0.846. The molecule has 2 aromatic carbocycles. The molecule has 1 N–H and O–H groups in total. The highest BCUT2D eigenvalue weighted by atomic mass is 35.5. The van der Waals surface area contributed by atoms with Crippen molar-refractivity contribution in [3.05, 3.63) is 64.7 Å². The number of carboxylic acid groups (broad SMARTS) is 1. The molecule has 0 saturated carbocycles. The first kappa shape index (κ1) is 19.4. The standard InChI is InChI=1S/C18H20ClNO4S/c1-3-13-6-4-5-7-14(13)12-17(18(21)22)20(2)25(23,24)16-10-8-15(19)9-11-16/h4-11,17H,3,12H2,1-2H3,(H,21,22)/t17-/m0/s1. The largest absolute Gasteiger partial charge is 0.480 e. The molecule has 0 spiro atoms. The van der Waals surface area contributed by atoms with Crippen LogP contribution in [0.1, 0.15) is 18.1 Å². The molecule has 2 aromatic rings. The molecule has 0 aliphatic carbocycles. The van der Waals surface area contributed by atoms with Gasteiger partial charge in [0.2, 0.25) is 10.0 Å². The van der Waals surface area contributed by atoms with E-state index in [9.17, 15) is 18.3 Å². The molecular formula is C18H20ClNO4S. The first-order valence-electron chi connectivity index (χ1n) is 7.80. The second kappa shape index (κ2) is 7.99. The van der Waals surface area contributed by atoms with Crippen LogP contribution in [0.25, 0.3) is 0 Å². The quantitative estimate of drug-likeness (QED) is 0.799. The van der Waals surface area contributed by atoms with E-state index in [1.807, 2.05) is 31.2 Å². The van der Waals surface area contributed by atoms with E-state index in [0.717, 1.165) is 21.9 Å². The van der Waals surface area contributed by atoms with Crippen molar-refractivity contribution in [3.63, 3.8) is 0 Å². The van der Waals surface area contributed by atoms with Crippen LogP contribution in [0.2, 0.25) is 5.02 Å². The van der Waals surface area contributed by atoms with Gasteiger partial charge in [0, 0.05) is 12.1 Å². The number of hydrogen-bond donors (Lipinski definition) is 1. The van der Waals surface area contributed by atoms with Crippen LogP contribution in [0, 0.1) is 0 Å². The van der Waals surface area contributed by atoms with Crippen LogP contribution in [-0.4, -0.2) is 36.9 Å². The van der Waals surface area contributed by atoms with Gasteiger partial charge in [-0.25, -0.2) is 8.42 Å². The lowest BCUT2D eigenvalue weighted by atomic mass is 9.99. The minimum absolute atomic E-state index is 0.00873. The Morgan fingerprint density at radius 2 is 1.68 bits per heavy atom. The van der Waals surface area contributed by atoms with Gasteiger partial charge in [-0.15, -0.1) is 0 Å². The van der Waals surface area contributed by atoms with E-state index in [1.54, 1.807) is 0 Å². The Kier molecular flexibility index (Phi) is 6.21. The smallest absolute Gasteiger partial charge is 0.322 e. The zero-order chi connectivity index (χ0) is 18.6. The zero-order valence-corrected chi connectivity index (χ0v) is 15.6. The predicted octanol–water partition coefficient (Wildman–Crippen LogP) is 3.22. The highest BCUT2D eigenvalue weighted by Crippen LogP contribution is 2.22. The molecular weight excluding hydrogens is 362 g/mol. The van der Waals surface area contributed by atoms with Gasteiger partial charge in [-0.2, -0.15) is 4.31 Å². The summed E-state index contributed by atoms with van der Waals surface area (Å²) in [6.45, 7) is 1.97. The number of carbonyl (C=O) groups is 1. The Hall–Kier alpha value is -1.89. The third kappa shape index (κ3) is 4.39. The van der Waals surface area contributed by atoms with Gasteiger partial charge >= 0.3 is 5.97 Å². The number of nitrogens with zero attached hydrogens (tertiary/aromatic N) is 1. The second-order valence-electron chi connectivity index (χ2n) is 5.66. The minimum atomic E-state index is -3.95. The average Bonchev–Trinajstić information content (AvgIpc) is 2.59. The van der Waals surface area contributed by atoms with E-state index in [0.29, 0.717) is 5.02 Å². The Labute approximate surface area is 152 Å². The number of carboxylic acids is 1. The maximum Gasteiger partial charge on any atom is 0.322 e. The number of aryl methyl sites for hydroxylation is 1. The van der Waals surface area contributed by atoms with E-state index in [4.69, 9.17) is 11.6 Å². The number of likely N-dealkylation sites (N-methyl/N-ethyl adjacent to an activating group) is 1. The highest BCUT2D eigenvalue weighted by Gasteiger charge is 2.33. The lowest BCUT2D eigenvalue weighted by Gasteiger charge is -2.25. The third-order valence-electron chi connectivity index (χ3n) is 4.13. The van der Waals surface area contributed by atoms with E-state index in [1.165, 1.54) is 31.3 Å². The summed E-state index contributed by atoms with van der Waals surface area (Å²) < 4.78 is 26.4. The Balaban J connectivity index is 2.36. The molecule has 0 saturated heterocycles.